The van der Waals surface area contributed by atoms with E-state index in [1.165, 1.54) is 0 Å². The number of aromatic amines is 1. The van der Waals surface area contributed by atoms with Crippen molar-refractivity contribution in [3.63, 3.8) is 0 Å². The average molecular weight is 358 g/mol. The summed E-state index contributed by atoms with van der Waals surface area (Å²) in [5.74, 6) is -4.92. The highest BCUT2D eigenvalue weighted by molar-refractivity contribution is 5.95. The topological polar surface area (TPSA) is 117 Å². The van der Waals surface area contributed by atoms with Crippen molar-refractivity contribution in [3.8, 4) is 0 Å². The lowest BCUT2D eigenvalue weighted by molar-refractivity contribution is -0.166. The maximum absolute atomic E-state index is 13.6. The summed E-state index contributed by atoms with van der Waals surface area (Å²) in [6.45, 7) is 3.42. The molecule has 0 radical (unpaired) electrons. The summed E-state index contributed by atoms with van der Waals surface area (Å²) >= 11 is 0. The molecular weight excluding hydrogens is 339 g/mol. The Morgan fingerprint density at radius 1 is 1.32 bits per heavy atom. The van der Waals surface area contributed by atoms with Crippen LogP contribution in [0.5, 0.6) is 0 Å². The van der Waals surface area contributed by atoms with Gasteiger partial charge < -0.3 is 14.2 Å². The van der Waals surface area contributed by atoms with Crippen molar-refractivity contribution in [2.24, 2.45) is 11.8 Å². The van der Waals surface area contributed by atoms with Crippen molar-refractivity contribution in [3.05, 3.63) is 32.9 Å². The number of halogens is 1. The van der Waals surface area contributed by atoms with E-state index < -0.39 is 47.1 Å². The van der Waals surface area contributed by atoms with Crippen molar-refractivity contribution in [1.29, 1.82) is 0 Å². The first-order valence-electron chi connectivity index (χ1n) is 7.86. The molecule has 0 bridgehead atoms. The molecule has 1 aromatic rings. The standard InChI is InChI=1S/C15H19FN2O7/c1-3-23-13(20)10(14(21)24-4-2)8-5-6-25-12(8)18-7-9(16)11(19)17-15(18)22/h7-8,10,12H,3-6H2,1-2H3,(H,17,19,22)/t8-,12-/m1/s1. The van der Waals surface area contributed by atoms with E-state index in [-0.39, 0.29) is 26.2 Å². The number of hydrogen-bond acceptors (Lipinski definition) is 7. The van der Waals surface area contributed by atoms with Gasteiger partial charge in [-0.1, -0.05) is 0 Å². The summed E-state index contributed by atoms with van der Waals surface area (Å²) in [7, 11) is 0. The van der Waals surface area contributed by atoms with Gasteiger partial charge in [-0.25, -0.2) is 4.79 Å². The number of rotatable bonds is 6. The lowest BCUT2D eigenvalue weighted by Crippen LogP contribution is -2.41. The normalized spacial score (nSPS) is 19.8. The number of nitrogens with one attached hydrogen (secondary N) is 1. The van der Waals surface area contributed by atoms with E-state index in [2.05, 4.69) is 0 Å². The van der Waals surface area contributed by atoms with Crippen molar-refractivity contribution in [1.82, 2.24) is 9.55 Å². The maximum Gasteiger partial charge on any atom is 0.330 e. The van der Waals surface area contributed by atoms with Gasteiger partial charge in [0.1, 0.15) is 6.23 Å². The number of H-pyrrole nitrogens is 1. The highest BCUT2D eigenvalue weighted by Crippen LogP contribution is 2.36. The molecule has 2 heterocycles. The molecule has 25 heavy (non-hydrogen) atoms. The van der Waals surface area contributed by atoms with Crippen LogP contribution in [-0.4, -0.2) is 41.3 Å². The second kappa shape index (κ2) is 8.06. The van der Waals surface area contributed by atoms with Crippen LogP contribution >= 0.6 is 0 Å². The number of nitrogens with zero attached hydrogens (tertiary/aromatic N) is 1. The van der Waals surface area contributed by atoms with Gasteiger partial charge in [-0.3, -0.25) is 23.9 Å². The number of esters is 2. The first-order valence-corrected chi connectivity index (χ1v) is 7.86. The van der Waals surface area contributed by atoms with Gasteiger partial charge in [0, 0.05) is 12.5 Å². The molecule has 0 saturated carbocycles. The monoisotopic (exact) mass is 358 g/mol. The fourth-order valence-corrected chi connectivity index (χ4v) is 2.77. The summed E-state index contributed by atoms with van der Waals surface area (Å²) < 4.78 is 29.7. The van der Waals surface area contributed by atoms with Gasteiger partial charge in [0.2, 0.25) is 5.82 Å². The highest BCUT2D eigenvalue weighted by Gasteiger charge is 2.46. The molecule has 1 N–H and O–H groups in total. The van der Waals surface area contributed by atoms with Crippen LogP contribution in [0.1, 0.15) is 26.5 Å². The lowest BCUT2D eigenvalue weighted by atomic mass is 9.89. The SMILES string of the molecule is CCOC(=O)C(C(=O)OCC)[C@H]1CCO[C@H]1n1cc(F)c(=O)[nH]c1=O. The van der Waals surface area contributed by atoms with Crippen molar-refractivity contribution >= 4 is 11.9 Å². The second-order valence-electron chi connectivity index (χ2n) is 5.34. The molecule has 138 valence electrons. The third-order valence-electron chi connectivity index (χ3n) is 3.81. The summed E-state index contributed by atoms with van der Waals surface area (Å²) in [4.78, 5) is 49.4. The molecule has 1 aliphatic heterocycles. The first kappa shape index (κ1) is 18.8. The summed E-state index contributed by atoms with van der Waals surface area (Å²) in [5.41, 5.74) is -2.07. The van der Waals surface area contributed by atoms with E-state index in [1.54, 1.807) is 13.8 Å². The van der Waals surface area contributed by atoms with Crippen LogP contribution in [-0.2, 0) is 23.8 Å². The Kier molecular flexibility index (Phi) is 6.07. The number of ether oxygens (including phenoxy) is 3. The Hall–Kier alpha value is -2.49. The fourth-order valence-electron chi connectivity index (χ4n) is 2.77. The van der Waals surface area contributed by atoms with Gasteiger partial charge in [-0.2, -0.15) is 4.39 Å². The minimum Gasteiger partial charge on any atom is -0.465 e. The van der Waals surface area contributed by atoms with Crippen LogP contribution in [0.2, 0.25) is 0 Å². The molecule has 9 nitrogen and oxygen atoms in total. The van der Waals surface area contributed by atoms with Gasteiger partial charge >= 0.3 is 17.6 Å². The Labute approximate surface area is 141 Å². The number of aromatic nitrogens is 2. The molecule has 1 fully saturated rings. The van der Waals surface area contributed by atoms with Crippen molar-refractivity contribution < 1.29 is 28.2 Å². The Bertz CT molecular complexity index is 739. The quantitative estimate of drug-likeness (QED) is 0.560. The highest BCUT2D eigenvalue weighted by atomic mass is 19.1. The molecule has 2 atom stereocenters. The van der Waals surface area contributed by atoms with Crippen molar-refractivity contribution in [2.75, 3.05) is 19.8 Å². The zero-order chi connectivity index (χ0) is 18.6. The third-order valence-corrected chi connectivity index (χ3v) is 3.81. The van der Waals surface area contributed by atoms with Crippen LogP contribution in [0.3, 0.4) is 0 Å². The molecule has 0 aliphatic carbocycles. The summed E-state index contributed by atoms with van der Waals surface area (Å²) in [5, 5.41) is 0. The maximum atomic E-state index is 13.6. The molecular formula is C15H19FN2O7. The van der Waals surface area contributed by atoms with Crippen LogP contribution < -0.4 is 11.2 Å². The van der Waals surface area contributed by atoms with Gasteiger partial charge in [-0.05, 0) is 20.3 Å². The van der Waals surface area contributed by atoms with Gasteiger partial charge in [0.15, 0.2) is 5.92 Å². The van der Waals surface area contributed by atoms with Crippen LogP contribution in [0.25, 0.3) is 0 Å². The smallest absolute Gasteiger partial charge is 0.330 e. The summed E-state index contributed by atoms with van der Waals surface area (Å²) in [6, 6.07) is 0. The lowest BCUT2D eigenvalue weighted by Gasteiger charge is -2.25. The third kappa shape index (κ3) is 3.95. The molecule has 0 unspecified atom stereocenters. The number of carbonyl (C=O) groups excluding carboxylic acids is 2. The Morgan fingerprint density at radius 2 is 1.92 bits per heavy atom. The number of hydrogen-bond donors (Lipinski definition) is 1. The van der Waals surface area contributed by atoms with E-state index >= 15 is 0 Å². The van der Waals surface area contributed by atoms with Crippen LogP contribution in [0, 0.1) is 17.7 Å². The Balaban J connectivity index is 2.41. The molecule has 0 amide bonds. The molecule has 1 aliphatic rings. The first-order chi connectivity index (χ1) is 11.9. The zero-order valence-corrected chi connectivity index (χ0v) is 13.8. The molecule has 1 saturated heterocycles. The fraction of sp³-hybridized carbons (Fsp3) is 0.600. The van der Waals surface area contributed by atoms with E-state index in [1.807, 2.05) is 4.98 Å². The molecule has 0 aromatic carbocycles. The van der Waals surface area contributed by atoms with Gasteiger partial charge in [0.25, 0.3) is 5.56 Å². The van der Waals surface area contributed by atoms with Crippen LogP contribution in [0.15, 0.2) is 15.8 Å². The van der Waals surface area contributed by atoms with E-state index in [9.17, 15) is 23.6 Å². The van der Waals surface area contributed by atoms with E-state index in [0.717, 1.165) is 4.57 Å². The van der Waals surface area contributed by atoms with E-state index in [4.69, 9.17) is 14.2 Å². The molecule has 1 aromatic heterocycles. The molecule has 10 heteroatoms. The second-order valence-corrected chi connectivity index (χ2v) is 5.34. The predicted molar refractivity (Wildman–Crippen MR) is 81.1 cm³/mol. The van der Waals surface area contributed by atoms with Crippen molar-refractivity contribution in [2.45, 2.75) is 26.5 Å². The minimum absolute atomic E-state index is 0.0558. The molecule has 2 rings (SSSR count). The Morgan fingerprint density at radius 3 is 2.48 bits per heavy atom. The van der Waals surface area contributed by atoms with Gasteiger partial charge in [0.05, 0.1) is 19.4 Å². The van der Waals surface area contributed by atoms with Gasteiger partial charge in [-0.15, -0.1) is 0 Å². The average Bonchev–Trinajstić information content (AvgIpc) is 3.00. The number of carbonyl (C=O) groups is 2. The predicted octanol–water partition coefficient (Wildman–Crippen LogP) is -0.0468. The molecule has 0 spiro atoms. The summed E-state index contributed by atoms with van der Waals surface area (Å²) in [6.07, 6.45) is -0.171. The minimum atomic E-state index is -1.32. The van der Waals surface area contributed by atoms with Crippen LogP contribution in [0.4, 0.5) is 4.39 Å². The zero-order valence-electron chi connectivity index (χ0n) is 13.8. The largest absolute Gasteiger partial charge is 0.465 e. The van der Waals surface area contributed by atoms with E-state index in [0.29, 0.717) is 6.20 Å².